The molecule has 36 heavy (non-hydrogen) atoms. The van der Waals surface area contributed by atoms with Gasteiger partial charge in [0.25, 0.3) is 5.56 Å². The average Bonchev–Trinajstić information content (AvgIpc) is 3.60. The number of thiazole rings is 1. The molecule has 3 aromatic carbocycles. The Balaban J connectivity index is 1.48. The van der Waals surface area contributed by atoms with Crippen LogP contribution in [-0.4, -0.2) is 31.5 Å². The van der Waals surface area contributed by atoms with Gasteiger partial charge in [0.1, 0.15) is 11.4 Å². The molecule has 3 heterocycles. The second kappa shape index (κ2) is 9.07. The summed E-state index contributed by atoms with van der Waals surface area (Å²) in [4.78, 5) is 18.3. The number of para-hydroxylation sites is 1. The van der Waals surface area contributed by atoms with Gasteiger partial charge in [0, 0.05) is 27.9 Å². The average molecular weight is 512 g/mol. The van der Waals surface area contributed by atoms with Crippen LogP contribution >= 0.6 is 22.9 Å². The third kappa shape index (κ3) is 4.06. The van der Waals surface area contributed by atoms with Crippen LogP contribution in [0, 0.1) is 0 Å². The van der Waals surface area contributed by atoms with E-state index >= 15 is 0 Å². The third-order valence-corrected chi connectivity index (χ3v) is 6.87. The van der Waals surface area contributed by atoms with Crippen LogP contribution in [0.15, 0.2) is 89.9 Å². The van der Waals surface area contributed by atoms with Gasteiger partial charge in [0.15, 0.2) is 5.82 Å². The Hall–Kier alpha value is -4.27. The van der Waals surface area contributed by atoms with Crippen LogP contribution < -0.4 is 14.8 Å². The highest BCUT2D eigenvalue weighted by atomic mass is 35.5. The van der Waals surface area contributed by atoms with E-state index in [1.54, 1.807) is 19.2 Å². The Morgan fingerprint density at radius 1 is 0.944 bits per heavy atom. The van der Waals surface area contributed by atoms with E-state index in [-0.39, 0.29) is 5.56 Å². The van der Waals surface area contributed by atoms with Crippen LogP contribution in [0.3, 0.4) is 0 Å². The van der Waals surface area contributed by atoms with Crippen molar-refractivity contribution in [2.45, 2.75) is 0 Å². The molecular formula is C27H18ClN5O2S. The molecule has 0 unspecified atom stereocenters. The topological polar surface area (TPSA) is 74.3 Å². The molecule has 0 atom stereocenters. The number of methoxy groups -OCH3 is 1. The van der Waals surface area contributed by atoms with Crippen LogP contribution in [0.25, 0.3) is 39.4 Å². The molecule has 0 fully saturated rings. The van der Waals surface area contributed by atoms with Gasteiger partial charge in [0.05, 0.1) is 17.3 Å². The molecule has 0 aliphatic rings. The van der Waals surface area contributed by atoms with E-state index in [1.165, 1.54) is 15.9 Å². The minimum absolute atomic E-state index is 0.232. The summed E-state index contributed by atoms with van der Waals surface area (Å²) in [6, 6.07) is 24.8. The molecule has 0 spiro atoms. The van der Waals surface area contributed by atoms with Crippen molar-refractivity contribution in [1.82, 2.24) is 24.4 Å². The summed E-state index contributed by atoms with van der Waals surface area (Å²) in [7, 11) is 1.63. The van der Waals surface area contributed by atoms with Gasteiger partial charge >= 0.3 is 0 Å². The summed E-state index contributed by atoms with van der Waals surface area (Å²) < 4.78 is 8.96. The fourth-order valence-electron chi connectivity index (χ4n) is 3.90. The molecule has 0 bridgehead atoms. The molecule has 7 nitrogen and oxygen atoms in total. The summed E-state index contributed by atoms with van der Waals surface area (Å²) >= 11 is 7.39. The lowest BCUT2D eigenvalue weighted by Gasteiger charge is -2.02. The molecule has 3 aromatic heterocycles. The number of benzene rings is 3. The van der Waals surface area contributed by atoms with E-state index in [1.807, 2.05) is 83.7 Å². The summed E-state index contributed by atoms with van der Waals surface area (Å²) in [6.07, 6.45) is 3.76. The van der Waals surface area contributed by atoms with Gasteiger partial charge in [-0.3, -0.25) is 4.79 Å². The highest BCUT2D eigenvalue weighted by Gasteiger charge is 2.15. The quantitative estimate of drug-likeness (QED) is 0.330. The van der Waals surface area contributed by atoms with Crippen LogP contribution in [0.4, 0.5) is 0 Å². The van der Waals surface area contributed by atoms with Gasteiger partial charge in [-0.15, -0.1) is 5.10 Å². The van der Waals surface area contributed by atoms with Crippen molar-refractivity contribution in [3.63, 3.8) is 0 Å². The maximum Gasteiger partial charge on any atom is 0.291 e. The molecule has 6 rings (SSSR count). The van der Waals surface area contributed by atoms with Crippen molar-refractivity contribution in [1.29, 1.82) is 0 Å². The summed E-state index contributed by atoms with van der Waals surface area (Å²) in [5.41, 5.74) is 3.91. The molecular weight excluding hydrogens is 494 g/mol. The second-order valence-electron chi connectivity index (χ2n) is 8.00. The maximum atomic E-state index is 13.2. The fraction of sp³-hybridized carbons (Fsp3) is 0.0370. The Labute approximate surface area is 214 Å². The smallest absolute Gasteiger partial charge is 0.291 e. The molecule has 0 saturated heterocycles. The predicted molar refractivity (Wildman–Crippen MR) is 142 cm³/mol. The van der Waals surface area contributed by atoms with Crippen molar-refractivity contribution in [2.75, 3.05) is 7.11 Å². The number of aromatic nitrogens is 5. The highest BCUT2D eigenvalue weighted by Crippen LogP contribution is 2.26. The Bertz CT molecular complexity index is 1810. The molecule has 176 valence electrons. The minimum Gasteiger partial charge on any atom is -0.497 e. The summed E-state index contributed by atoms with van der Waals surface area (Å²) in [5.74, 6) is 1.22. The van der Waals surface area contributed by atoms with Crippen molar-refractivity contribution in [3.8, 4) is 34.1 Å². The minimum atomic E-state index is -0.232. The second-order valence-corrected chi connectivity index (χ2v) is 9.44. The lowest BCUT2D eigenvalue weighted by molar-refractivity contribution is 0.415. The normalized spacial score (nSPS) is 11.9. The first kappa shape index (κ1) is 22.2. The van der Waals surface area contributed by atoms with Crippen molar-refractivity contribution >= 4 is 34.0 Å². The number of nitrogens with zero attached hydrogens (tertiary/aromatic N) is 5. The molecule has 0 amide bonds. The number of rotatable bonds is 5. The standard InChI is InChI=1S/C27H18ClN5O2S/c1-35-22-12-10-17(11-13-22)24-19(16-32(30-24)21-8-3-2-4-9-21)15-23-26(34)33-27(36-23)29-25(31-33)18-6-5-7-20(28)14-18/h2-16H,1H3/b23-15-. The lowest BCUT2D eigenvalue weighted by atomic mass is 10.1. The van der Waals surface area contributed by atoms with Gasteiger partial charge in [-0.25, -0.2) is 4.68 Å². The first-order valence-electron chi connectivity index (χ1n) is 11.1. The zero-order valence-electron chi connectivity index (χ0n) is 19.0. The SMILES string of the molecule is COc1ccc(-c2nn(-c3ccccc3)cc2/C=c2\sc3nc(-c4cccc(Cl)c4)nn3c2=O)cc1. The van der Waals surface area contributed by atoms with E-state index in [2.05, 4.69) is 10.1 Å². The van der Waals surface area contributed by atoms with E-state index in [9.17, 15) is 4.79 Å². The fourth-order valence-corrected chi connectivity index (χ4v) is 4.99. The largest absolute Gasteiger partial charge is 0.497 e. The van der Waals surface area contributed by atoms with Gasteiger partial charge in [-0.05, 0) is 54.6 Å². The molecule has 0 radical (unpaired) electrons. The van der Waals surface area contributed by atoms with Gasteiger partial charge in [-0.1, -0.05) is 53.3 Å². The third-order valence-electron chi connectivity index (χ3n) is 5.68. The van der Waals surface area contributed by atoms with E-state index in [0.29, 0.717) is 20.3 Å². The van der Waals surface area contributed by atoms with Gasteiger partial charge < -0.3 is 4.74 Å². The monoisotopic (exact) mass is 511 g/mol. The highest BCUT2D eigenvalue weighted by molar-refractivity contribution is 7.15. The number of halogens is 1. The number of hydrogen-bond donors (Lipinski definition) is 0. The summed E-state index contributed by atoms with van der Waals surface area (Å²) in [5, 5.41) is 9.85. The van der Waals surface area contributed by atoms with Crippen LogP contribution in [0.1, 0.15) is 5.56 Å². The first-order valence-corrected chi connectivity index (χ1v) is 12.3. The zero-order chi connectivity index (χ0) is 24.6. The predicted octanol–water partition coefficient (Wildman–Crippen LogP) is 4.88. The van der Waals surface area contributed by atoms with Crippen LogP contribution in [0.2, 0.25) is 5.02 Å². The Morgan fingerprint density at radius 3 is 2.47 bits per heavy atom. The van der Waals surface area contributed by atoms with Crippen molar-refractivity contribution < 1.29 is 4.74 Å². The van der Waals surface area contributed by atoms with E-state index < -0.39 is 0 Å². The molecule has 9 heteroatoms. The number of ether oxygens (including phenoxy) is 1. The number of hydrogen-bond acceptors (Lipinski definition) is 6. The molecule has 0 N–H and O–H groups in total. The van der Waals surface area contributed by atoms with Crippen LogP contribution in [0.5, 0.6) is 5.75 Å². The maximum absolute atomic E-state index is 13.2. The van der Waals surface area contributed by atoms with Gasteiger partial charge in [0.2, 0.25) is 4.96 Å². The Morgan fingerprint density at radius 2 is 1.75 bits per heavy atom. The van der Waals surface area contributed by atoms with Gasteiger partial charge in [-0.2, -0.15) is 14.6 Å². The van der Waals surface area contributed by atoms with E-state index in [0.717, 1.165) is 33.8 Å². The van der Waals surface area contributed by atoms with Crippen LogP contribution in [-0.2, 0) is 0 Å². The molecule has 0 saturated carbocycles. The number of fused-ring (bicyclic) bond motifs is 1. The zero-order valence-corrected chi connectivity index (χ0v) is 20.6. The lowest BCUT2D eigenvalue weighted by Crippen LogP contribution is -2.23. The first-order chi connectivity index (χ1) is 17.6. The Kier molecular flexibility index (Phi) is 5.59. The summed E-state index contributed by atoms with van der Waals surface area (Å²) in [6.45, 7) is 0. The molecule has 0 aliphatic carbocycles. The van der Waals surface area contributed by atoms with Crippen molar-refractivity contribution in [2.24, 2.45) is 0 Å². The molecule has 0 aliphatic heterocycles. The molecule has 6 aromatic rings. The van der Waals surface area contributed by atoms with Crippen molar-refractivity contribution in [3.05, 3.63) is 111 Å². The van der Waals surface area contributed by atoms with E-state index in [4.69, 9.17) is 21.4 Å².